The lowest BCUT2D eigenvalue weighted by Gasteiger charge is -2.22. The van der Waals surface area contributed by atoms with Crippen LogP contribution in [0.1, 0.15) is 36.4 Å². The highest BCUT2D eigenvalue weighted by atomic mass is 16.5. The van der Waals surface area contributed by atoms with E-state index in [9.17, 15) is 9.59 Å². The van der Waals surface area contributed by atoms with Gasteiger partial charge in [0.25, 0.3) is 0 Å². The number of carbonyl (C=O) groups is 2. The molecule has 1 aliphatic rings. The SMILES string of the molecule is COc1ccc(C2=NN(C(=O)CCC(=O)O)C(c3ccc4nccnc4c3)C2)cc1. The summed E-state index contributed by atoms with van der Waals surface area (Å²) in [5.74, 6) is -0.610. The van der Waals surface area contributed by atoms with Crippen molar-refractivity contribution in [3.05, 3.63) is 66.0 Å². The van der Waals surface area contributed by atoms with E-state index in [2.05, 4.69) is 15.1 Å². The van der Waals surface area contributed by atoms with Gasteiger partial charge in [-0.3, -0.25) is 19.6 Å². The van der Waals surface area contributed by atoms with Gasteiger partial charge in [-0.1, -0.05) is 6.07 Å². The van der Waals surface area contributed by atoms with Gasteiger partial charge < -0.3 is 9.84 Å². The number of hydrogen-bond acceptors (Lipinski definition) is 6. The molecular weight excluding hydrogens is 384 g/mol. The topological polar surface area (TPSA) is 105 Å². The van der Waals surface area contributed by atoms with Crippen molar-refractivity contribution < 1.29 is 19.4 Å². The quantitative estimate of drug-likeness (QED) is 0.677. The molecule has 8 heteroatoms. The summed E-state index contributed by atoms with van der Waals surface area (Å²) in [5.41, 5.74) is 4.00. The molecule has 0 fully saturated rings. The smallest absolute Gasteiger partial charge is 0.303 e. The van der Waals surface area contributed by atoms with E-state index in [0.29, 0.717) is 6.42 Å². The van der Waals surface area contributed by atoms with Crippen LogP contribution in [0.3, 0.4) is 0 Å². The molecule has 1 aliphatic heterocycles. The van der Waals surface area contributed by atoms with Crippen LogP contribution in [0.4, 0.5) is 0 Å². The number of benzene rings is 2. The Morgan fingerprint density at radius 3 is 2.50 bits per heavy atom. The van der Waals surface area contributed by atoms with Gasteiger partial charge in [0.2, 0.25) is 5.91 Å². The van der Waals surface area contributed by atoms with Crippen LogP contribution in [0.15, 0.2) is 60.0 Å². The largest absolute Gasteiger partial charge is 0.497 e. The summed E-state index contributed by atoms with van der Waals surface area (Å²) < 4.78 is 5.20. The van der Waals surface area contributed by atoms with E-state index in [-0.39, 0.29) is 24.8 Å². The monoisotopic (exact) mass is 404 g/mol. The first-order valence-electron chi connectivity index (χ1n) is 9.51. The predicted molar refractivity (Wildman–Crippen MR) is 110 cm³/mol. The molecule has 2 heterocycles. The van der Waals surface area contributed by atoms with E-state index in [1.807, 2.05) is 42.5 Å². The number of carboxylic acids is 1. The number of carbonyl (C=O) groups excluding carboxylic acids is 1. The molecule has 152 valence electrons. The van der Waals surface area contributed by atoms with E-state index in [4.69, 9.17) is 9.84 Å². The molecule has 3 aromatic rings. The van der Waals surface area contributed by atoms with Crippen molar-refractivity contribution in [2.45, 2.75) is 25.3 Å². The molecule has 0 spiro atoms. The van der Waals surface area contributed by atoms with Crippen LogP contribution in [0, 0.1) is 0 Å². The minimum atomic E-state index is -1.01. The van der Waals surface area contributed by atoms with E-state index in [1.54, 1.807) is 19.5 Å². The van der Waals surface area contributed by atoms with Crippen LogP contribution in [-0.4, -0.2) is 44.8 Å². The molecule has 0 saturated heterocycles. The third-order valence-electron chi connectivity index (χ3n) is 5.02. The number of fused-ring (bicyclic) bond motifs is 1. The predicted octanol–water partition coefficient (Wildman–Crippen LogP) is 3.18. The van der Waals surface area contributed by atoms with Gasteiger partial charge in [0.1, 0.15) is 5.75 Å². The van der Waals surface area contributed by atoms with E-state index in [1.165, 1.54) is 5.01 Å². The first-order chi connectivity index (χ1) is 14.5. The van der Waals surface area contributed by atoms with Crippen molar-refractivity contribution in [2.24, 2.45) is 5.10 Å². The summed E-state index contributed by atoms with van der Waals surface area (Å²) in [6, 6.07) is 12.8. The molecule has 1 atom stereocenters. The minimum absolute atomic E-state index is 0.112. The maximum Gasteiger partial charge on any atom is 0.303 e. The van der Waals surface area contributed by atoms with Gasteiger partial charge in [-0.25, -0.2) is 5.01 Å². The Balaban J connectivity index is 1.67. The summed E-state index contributed by atoms with van der Waals surface area (Å²) in [5, 5.41) is 14.9. The number of nitrogens with zero attached hydrogens (tertiary/aromatic N) is 4. The molecule has 0 bridgehead atoms. The van der Waals surface area contributed by atoms with Crippen molar-refractivity contribution in [3.63, 3.8) is 0 Å². The van der Waals surface area contributed by atoms with Crippen molar-refractivity contribution >= 4 is 28.6 Å². The summed E-state index contributed by atoms with van der Waals surface area (Å²) in [7, 11) is 1.60. The number of amides is 1. The van der Waals surface area contributed by atoms with Crippen LogP contribution in [0.2, 0.25) is 0 Å². The van der Waals surface area contributed by atoms with Gasteiger partial charge in [-0.2, -0.15) is 5.10 Å². The van der Waals surface area contributed by atoms with Gasteiger partial charge in [-0.05, 0) is 47.5 Å². The third kappa shape index (κ3) is 3.98. The summed E-state index contributed by atoms with van der Waals surface area (Å²) in [4.78, 5) is 32.3. The Morgan fingerprint density at radius 1 is 1.07 bits per heavy atom. The lowest BCUT2D eigenvalue weighted by molar-refractivity contribution is -0.141. The average molecular weight is 404 g/mol. The third-order valence-corrected chi connectivity index (χ3v) is 5.02. The first kappa shape index (κ1) is 19.5. The van der Waals surface area contributed by atoms with Gasteiger partial charge in [-0.15, -0.1) is 0 Å². The van der Waals surface area contributed by atoms with Crippen LogP contribution >= 0.6 is 0 Å². The molecule has 0 aliphatic carbocycles. The standard InChI is InChI=1S/C22H20N4O4/c1-30-16-5-2-14(3-6-16)18-13-20(26(25-18)21(27)8-9-22(28)29)15-4-7-17-19(12-15)24-11-10-23-17/h2-7,10-12,20H,8-9,13H2,1H3,(H,28,29). The molecule has 2 aromatic carbocycles. The van der Waals surface area contributed by atoms with E-state index >= 15 is 0 Å². The summed E-state index contributed by atoms with van der Waals surface area (Å²) in [6.07, 6.45) is 3.41. The lowest BCUT2D eigenvalue weighted by atomic mass is 9.97. The van der Waals surface area contributed by atoms with Gasteiger partial charge in [0, 0.05) is 25.2 Å². The number of aliphatic carboxylic acids is 1. The normalized spacial score (nSPS) is 15.8. The minimum Gasteiger partial charge on any atom is -0.497 e. The van der Waals surface area contributed by atoms with E-state index in [0.717, 1.165) is 33.6 Å². The number of hydrogen-bond donors (Lipinski definition) is 1. The molecule has 1 amide bonds. The Kier molecular flexibility index (Phi) is 5.38. The molecule has 4 rings (SSSR count). The Bertz CT molecular complexity index is 1130. The molecule has 8 nitrogen and oxygen atoms in total. The summed E-state index contributed by atoms with van der Waals surface area (Å²) in [6.45, 7) is 0. The maximum atomic E-state index is 12.8. The highest BCUT2D eigenvalue weighted by Gasteiger charge is 2.33. The molecular formula is C22H20N4O4. The van der Waals surface area contributed by atoms with Gasteiger partial charge in [0.15, 0.2) is 0 Å². The first-order valence-corrected chi connectivity index (χ1v) is 9.51. The molecule has 30 heavy (non-hydrogen) atoms. The Morgan fingerprint density at radius 2 is 1.80 bits per heavy atom. The van der Waals surface area contributed by atoms with Crippen molar-refractivity contribution in [3.8, 4) is 5.75 Å². The number of hydrazone groups is 1. The second-order valence-electron chi connectivity index (χ2n) is 6.93. The average Bonchev–Trinajstić information content (AvgIpc) is 3.23. The van der Waals surface area contributed by atoms with Crippen molar-refractivity contribution in [1.82, 2.24) is 15.0 Å². The second-order valence-corrected chi connectivity index (χ2v) is 6.93. The second kappa shape index (κ2) is 8.28. The fourth-order valence-electron chi connectivity index (χ4n) is 3.47. The Labute approximate surface area is 172 Å². The molecule has 1 unspecified atom stereocenters. The van der Waals surface area contributed by atoms with Gasteiger partial charge in [0.05, 0.1) is 36.3 Å². The van der Waals surface area contributed by atoms with E-state index < -0.39 is 5.97 Å². The number of aromatic nitrogens is 2. The van der Waals surface area contributed by atoms with Crippen LogP contribution in [0.5, 0.6) is 5.75 Å². The number of methoxy groups -OCH3 is 1. The van der Waals surface area contributed by atoms with Gasteiger partial charge >= 0.3 is 5.97 Å². The maximum absolute atomic E-state index is 12.8. The zero-order chi connectivity index (χ0) is 21.1. The van der Waals surface area contributed by atoms with Crippen LogP contribution in [-0.2, 0) is 9.59 Å². The zero-order valence-corrected chi connectivity index (χ0v) is 16.4. The lowest BCUT2D eigenvalue weighted by Crippen LogP contribution is -2.27. The van der Waals surface area contributed by atoms with Crippen LogP contribution < -0.4 is 4.74 Å². The number of rotatable bonds is 6. The molecule has 1 aromatic heterocycles. The molecule has 0 saturated carbocycles. The Hall–Kier alpha value is -3.81. The fourth-order valence-corrected chi connectivity index (χ4v) is 3.47. The fraction of sp³-hybridized carbons (Fsp3) is 0.227. The summed E-state index contributed by atoms with van der Waals surface area (Å²) >= 11 is 0. The highest BCUT2D eigenvalue weighted by Crippen LogP contribution is 2.34. The van der Waals surface area contributed by atoms with Crippen molar-refractivity contribution in [1.29, 1.82) is 0 Å². The number of carboxylic acid groups (broad SMARTS) is 1. The highest BCUT2D eigenvalue weighted by molar-refractivity contribution is 6.03. The van der Waals surface area contributed by atoms with Crippen molar-refractivity contribution in [2.75, 3.05) is 7.11 Å². The number of ether oxygens (including phenoxy) is 1. The molecule has 0 radical (unpaired) electrons. The molecule has 1 N–H and O–H groups in total. The zero-order valence-electron chi connectivity index (χ0n) is 16.4. The van der Waals surface area contributed by atoms with Crippen LogP contribution in [0.25, 0.3) is 11.0 Å².